The molecule has 5 rings (SSSR count). The van der Waals surface area contributed by atoms with Gasteiger partial charge in [0.15, 0.2) is 5.95 Å². The number of esters is 1. The largest absolute Gasteiger partial charge is 0.491 e. The van der Waals surface area contributed by atoms with E-state index in [4.69, 9.17) is 17.3 Å². The van der Waals surface area contributed by atoms with E-state index in [0.717, 1.165) is 21.5 Å². The molecule has 34 heavy (non-hydrogen) atoms. The molecule has 172 valence electrons. The van der Waals surface area contributed by atoms with Crippen molar-refractivity contribution in [1.29, 1.82) is 0 Å². The molecule has 13 heteroatoms. The number of imidazole rings is 1. The molecule has 0 amide bonds. The molecule has 0 bridgehead atoms. The Hall–Kier alpha value is -3.90. The Morgan fingerprint density at radius 2 is 1.82 bits per heavy atom. The van der Waals surface area contributed by atoms with Gasteiger partial charge in [-0.2, -0.15) is 18.2 Å². The van der Waals surface area contributed by atoms with Crippen LogP contribution in [-0.4, -0.2) is 31.7 Å². The highest BCUT2D eigenvalue weighted by Gasteiger charge is 2.42. The van der Waals surface area contributed by atoms with Crippen LogP contribution in [0.1, 0.15) is 0 Å². The third-order valence-electron chi connectivity index (χ3n) is 4.80. The van der Waals surface area contributed by atoms with E-state index in [1.165, 1.54) is 24.3 Å². The Labute approximate surface area is 196 Å². The minimum absolute atomic E-state index is 0.0769. The van der Waals surface area contributed by atoms with Gasteiger partial charge in [0, 0.05) is 9.90 Å². The van der Waals surface area contributed by atoms with E-state index in [0.29, 0.717) is 20.9 Å². The van der Waals surface area contributed by atoms with E-state index in [1.807, 2.05) is 0 Å². The molecule has 3 heterocycles. The van der Waals surface area contributed by atoms with Gasteiger partial charge in [-0.15, -0.1) is 11.3 Å². The Balaban J connectivity index is 1.73. The standard InChI is InChI=1S/C21H11ClF3N5O3S/c22-10-3-1-9(2-4-10)15-8-14-16(34-15)17(31)30(20(29-14)33-18(32)21(23,24)25)11-5-6-12-13(7-11)28-19(26)27-12/h1-8H,(H3,26,27,28). The summed E-state index contributed by atoms with van der Waals surface area (Å²) in [7, 11) is 0. The maximum absolute atomic E-state index is 13.4. The topological polar surface area (TPSA) is 116 Å². The third kappa shape index (κ3) is 3.86. The number of rotatable bonds is 3. The first-order chi connectivity index (χ1) is 16.1. The molecule has 0 aliphatic carbocycles. The number of anilines is 1. The zero-order valence-electron chi connectivity index (χ0n) is 16.7. The molecule has 5 aromatic rings. The molecule has 0 aliphatic rings. The summed E-state index contributed by atoms with van der Waals surface area (Å²) in [5, 5.41) is 0.515. The number of fused-ring (bicyclic) bond motifs is 2. The lowest BCUT2D eigenvalue weighted by Gasteiger charge is -2.12. The predicted octanol–water partition coefficient (Wildman–Crippen LogP) is 4.69. The molecular formula is C21H11ClF3N5O3S. The van der Waals surface area contributed by atoms with Crippen molar-refractivity contribution in [2.75, 3.05) is 5.73 Å². The molecule has 0 fully saturated rings. The fraction of sp³-hybridized carbons (Fsp3) is 0.0476. The zero-order chi connectivity index (χ0) is 24.2. The number of H-pyrrole nitrogens is 1. The van der Waals surface area contributed by atoms with Gasteiger partial charge in [-0.1, -0.05) is 23.7 Å². The maximum atomic E-state index is 13.4. The number of hydrogen-bond acceptors (Lipinski definition) is 7. The van der Waals surface area contributed by atoms with Crippen LogP contribution in [0.5, 0.6) is 6.01 Å². The first kappa shape index (κ1) is 21.9. The van der Waals surface area contributed by atoms with Crippen LogP contribution in [0.25, 0.3) is 37.4 Å². The number of nitrogen functional groups attached to an aromatic ring is 1. The van der Waals surface area contributed by atoms with Gasteiger partial charge in [0.1, 0.15) is 4.70 Å². The normalized spacial score (nSPS) is 11.9. The van der Waals surface area contributed by atoms with Gasteiger partial charge < -0.3 is 15.5 Å². The molecule has 0 unspecified atom stereocenters. The number of halogens is 4. The molecule has 2 aromatic carbocycles. The van der Waals surface area contributed by atoms with Crippen LogP contribution in [0.2, 0.25) is 5.02 Å². The second kappa shape index (κ2) is 7.85. The number of nitrogens with zero attached hydrogens (tertiary/aromatic N) is 3. The monoisotopic (exact) mass is 505 g/mol. The lowest BCUT2D eigenvalue weighted by Crippen LogP contribution is -2.31. The van der Waals surface area contributed by atoms with Crippen molar-refractivity contribution in [3.8, 4) is 22.1 Å². The smallest absolute Gasteiger partial charge is 0.385 e. The van der Waals surface area contributed by atoms with Crippen LogP contribution < -0.4 is 16.0 Å². The van der Waals surface area contributed by atoms with Gasteiger partial charge in [0.05, 0.1) is 22.2 Å². The first-order valence-electron chi connectivity index (χ1n) is 9.47. The van der Waals surface area contributed by atoms with Crippen molar-refractivity contribution >= 4 is 56.1 Å². The van der Waals surface area contributed by atoms with Crippen LogP contribution in [0.15, 0.2) is 53.3 Å². The van der Waals surface area contributed by atoms with Crippen molar-refractivity contribution in [1.82, 2.24) is 19.5 Å². The number of nitrogens with two attached hydrogens (primary N) is 1. The molecule has 0 atom stereocenters. The second-order valence-corrected chi connectivity index (χ2v) is 8.57. The summed E-state index contributed by atoms with van der Waals surface area (Å²) in [6, 6.07) is 11.9. The summed E-state index contributed by atoms with van der Waals surface area (Å²) in [6.45, 7) is 0. The number of carbonyl (C=O) groups is 1. The van der Waals surface area contributed by atoms with Gasteiger partial charge in [-0.25, -0.2) is 14.3 Å². The fourth-order valence-electron chi connectivity index (χ4n) is 3.31. The van der Waals surface area contributed by atoms with Gasteiger partial charge in [-0.05, 0) is 42.0 Å². The Bertz CT molecular complexity index is 1640. The molecule has 0 spiro atoms. The summed E-state index contributed by atoms with van der Waals surface area (Å²) >= 11 is 7.01. The highest BCUT2D eigenvalue weighted by Crippen LogP contribution is 2.33. The molecule has 8 nitrogen and oxygen atoms in total. The van der Waals surface area contributed by atoms with Crippen LogP contribution in [-0.2, 0) is 4.79 Å². The van der Waals surface area contributed by atoms with Crippen LogP contribution in [0.3, 0.4) is 0 Å². The predicted molar refractivity (Wildman–Crippen MR) is 121 cm³/mol. The van der Waals surface area contributed by atoms with Crippen LogP contribution in [0, 0.1) is 0 Å². The van der Waals surface area contributed by atoms with Gasteiger partial charge in [0.25, 0.3) is 5.56 Å². The molecule has 0 saturated heterocycles. The Morgan fingerprint density at radius 1 is 1.09 bits per heavy atom. The number of ether oxygens (including phenoxy) is 1. The average molecular weight is 506 g/mol. The minimum atomic E-state index is -5.29. The summed E-state index contributed by atoms with van der Waals surface area (Å²) in [4.78, 5) is 36.5. The molecular weight excluding hydrogens is 495 g/mol. The molecule has 0 aliphatic heterocycles. The number of thiophene rings is 1. The number of carbonyl (C=O) groups excluding carboxylic acids is 1. The molecule has 3 N–H and O–H groups in total. The quantitative estimate of drug-likeness (QED) is 0.344. The minimum Gasteiger partial charge on any atom is -0.385 e. The highest BCUT2D eigenvalue weighted by molar-refractivity contribution is 7.22. The SMILES string of the molecule is Nc1nc2ccc(-n3c(OC(=O)C(F)(F)F)nc4cc(-c5ccc(Cl)cc5)sc4c3=O)cc2[nH]1. The first-order valence-corrected chi connectivity index (χ1v) is 10.7. The lowest BCUT2D eigenvalue weighted by atomic mass is 10.2. The van der Waals surface area contributed by atoms with Crippen LogP contribution in [0.4, 0.5) is 19.1 Å². The summed E-state index contributed by atoms with van der Waals surface area (Å²) in [6.07, 6.45) is -5.29. The van der Waals surface area contributed by atoms with Crippen molar-refractivity contribution in [3.63, 3.8) is 0 Å². The number of nitrogens with one attached hydrogen (secondary N) is 1. The van der Waals surface area contributed by atoms with E-state index in [-0.39, 0.29) is 21.9 Å². The van der Waals surface area contributed by atoms with E-state index < -0.39 is 23.7 Å². The zero-order valence-corrected chi connectivity index (χ0v) is 18.3. The average Bonchev–Trinajstić information content (AvgIpc) is 3.36. The maximum Gasteiger partial charge on any atom is 0.491 e. The Morgan fingerprint density at radius 3 is 2.53 bits per heavy atom. The van der Waals surface area contributed by atoms with E-state index in [2.05, 4.69) is 19.7 Å². The van der Waals surface area contributed by atoms with Gasteiger partial charge in [0.2, 0.25) is 0 Å². The summed E-state index contributed by atoms with van der Waals surface area (Å²) in [5.41, 5.74) is 6.72. The number of benzene rings is 2. The summed E-state index contributed by atoms with van der Waals surface area (Å²) < 4.78 is 44.3. The lowest BCUT2D eigenvalue weighted by molar-refractivity contribution is -0.190. The second-order valence-electron chi connectivity index (χ2n) is 7.08. The van der Waals surface area contributed by atoms with Crippen molar-refractivity contribution < 1.29 is 22.7 Å². The number of alkyl halides is 3. The van der Waals surface area contributed by atoms with Crippen molar-refractivity contribution in [3.05, 3.63) is 63.9 Å². The molecule has 0 saturated carbocycles. The highest BCUT2D eigenvalue weighted by atomic mass is 35.5. The van der Waals surface area contributed by atoms with Gasteiger partial charge >= 0.3 is 18.2 Å². The van der Waals surface area contributed by atoms with Gasteiger partial charge in [-0.3, -0.25) is 4.79 Å². The fourth-order valence-corrected chi connectivity index (χ4v) is 4.47. The molecule has 0 radical (unpaired) electrons. The number of aromatic amines is 1. The van der Waals surface area contributed by atoms with Crippen molar-refractivity contribution in [2.24, 2.45) is 0 Å². The summed E-state index contributed by atoms with van der Waals surface area (Å²) in [5.74, 6) is -2.39. The van der Waals surface area contributed by atoms with Crippen LogP contribution >= 0.6 is 22.9 Å². The van der Waals surface area contributed by atoms with E-state index in [1.54, 1.807) is 24.3 Å². The number of aromatic nitrogens is 4. The number of hydrogen-bond donors (Lipinski definition) is 2. The molecule has 3 aromatic heterocycles. The third-order valence-corrected chi connectivity index (χ3v) is 6.22. The Kier molecular flexibility index (Phi) is 5.06. The van der Waals surface area contributed by atoms with E-state index >= 15 is 0 Å². The van der Waals surface area contributed by atoms with Crippen molar-refractivity contribution in [2.45, 2.75) is 6.18 Å². The van der Waals surface area contributed by atoms with E-state index in [9.17, 15) is 22.8 Å².